The molecule has 34 heavy (non-hydrogen) atoms. The highest BCUT2D eigenvalue weighted by atomic mass is 35.5. The van der Waals surface area contributed by atoms with Gasteiger partial charge in [-0.2, -0.15) is 0 Å². The number of carbonyl (C=O) groups is 2. The van der Waals surface area contributed by atoms with Gasteiger partial charge in [0.2, 0.25) is 0 Å². The number of aryl methyl sites for hydroxylation is 1. The summed E-state index contributed by atoms with van der Waals surface area (Å²) in [5.74, 6) is -0.232. The lowest BCUT2D eigenvalue weighted by molar-refractivity contribution is -0.152. The van der Waals surface area contributed by atoms with E-state index in [4.69, 9.17) is 10.5 Å². The minimum Gasteiger partial charge on any atom is -0.443 e. The number of ketones is 1. The zero-order chi connectivity index (χ0) is 23.2. The number of nitrogens with zero attached hydrogens (tertiary/aromatic N) is 3. The number of rotatable bonds is 5. The molecular formula is C25H36Cl2N4O3. The second-order valence-electron chi connectivity index (χ2n) is 10.1. The van der Waals surface area contributed by atoms with Crippen molar-refractivity contribution in [3.63, 3.8) is 0 Å². The molecule has 188 valence electrons. The summed E-state index contributed by atoms with van der Waals surface area (Å²) in [6.45, 7) is 8.59. The van der Waals surface area contributed by atoms with Crippen molar-refractivity contribution < 1.29 is 14.3 Å². The lowest BCUT2D eigenvalue weighted by Crippen LogP contribution is -2.46. The molecule has 2 heterocycles. The van der Waals surface area contributed by atoms with Gasteiger partial charge in [0.1, 0.15) is 12.2 Å². The number of benzene rings is 1. The van der Waals surface area contributed by atoms with Gasteiger partial charge in [0, 0.05) is 54.1 Å². The Morgan fingerprint density at radius 2 is 1.82 bits per heavy atom. The number of carbonyl (C=O) groups excluding carboxylic acids is 2. The first-order valence-corrected chi connectivity index (χ1v) is 11.3. The van der Waals surface area contributed by atoms with Gasteiger partial charge in [-0.1, -0.05) is 39.0 Å². The Kier molecular flexibility index (Phi) is 8.72. The third-order valence-corrected chi connectivity index (χ3v) is 6.96. The van der Waals surface area contributed by atoms with E-state index < -0.39 is 12.0 Å². The summed E-state index contributed by atoms with van der Waals surface area (Å²) in [6, 6.07) is 7.46. The Morgan fingerprint density at radius 1 is 1.18 bits per heavy atom. The molecule has 3 atom stereocenters. The lowest BCUT2D eigenvalue weighted by Gasteiger charge is -2.33. The van der Waals surface area contributed by atoms with Gasteiger partial charge < -0.3 is 24.8 Å². The highest BCUT2D eigenvalue weighted by Crippen LogP contribution is 2.34. The van der Waals surface area contributed by atoms with Crippen LogP contribution < -0.4 is 5.73 Å². The Hall–Kier alpha value is -2.22. The molecule has 1 aromatic heterocycles. The summed E-state index contributed by atoms with van der Waals surface area (Å²) >= 11 is 0. The summed E-state index contributed by atoms with van der Waals surface area (Å²) < 4.78 is 7.62. The van der Waals surface area contributed by atoms with E-state index in [1.165, 1.54) is 0 Å². The van der Waals surface area contributed by atoms with Crippen LogP contribution in [-0.4, -0.2) is 51.6 Å². The molecule has 0 bridgehead atoms. The number of Topliss-reactive ketones (excluding diaryl/α,β-unsaturated/α-hetero) is 1. The molecule has 0 spiro atoms. The van der Waals surface area contributed by atoms with Gasteiger partial charge in [-0.25, -0.2) is 0 Å². The number of esters is 1. The number of aromatic nitrogens is 1. The quantitative estimate of drug-likeness (QED) is 0.610. The molecule has 1 aliphatic carbocycles. The molecule has 1 aromatic carbocycles. The van der Waals surface area contributed by atoms with Crippen molar-refractivity contribution in [3.8, 4) is 0 Å². The largest absolute Gasteiger partial charge is 0.443 e. The van der Waals surface area contributed by atoms with E-state index >= 15 is 0 Å². The fraction of sp³-hybridized carbons (Fsp3) is 0.520. The van der Waals surface area contributed by atoms with Crippen LogP contribution in [-0.2, 0) is 23.0 Å². The Bertz CT molecular complexity index is 1080. The van der Waals surface area contributed by atoms with Crippen LogP contribution >= 0.6 is 24.8 Å². The maximum absolute atomic E-state index is 13.4. The van der Waals surface area contributed by atoms with Crippen LogP contribution in [0.2, 0.25) is 0 Å². The number of hydrogen-bond donors (Lipinski definition) is 1. The van der Waals surface area contributed by atoms with E-state index in [-0.39, 0.29) is 54.8 Å². The smallest absolute Gasteiger partial charge is 0.325 e. The van der Waals surface area contributed by atoms with Crippen molar-refractivity contribution >= 4 is 47.5 Å². The van der Waals surface area contributed by atoms with Crippen molar-refractivity contribution in [3.05, 3.63) is 47.9 Å². The molecule has 0 amide bonds. The van der Waals surface area contributed by atoms with E-state index in [2.05, 4.69) is 15.5 Å². The molecule has 2 N–H and O–H groups in total. The number of para-hydroxylation sites is 1. The molecule has 4 rings (SSSR count). The topological polar surface area (TPSA) is 80.8 Å². The Balaban J connectivity index is 0.00000204. The standard InChI is InChI=1S/C25H34N4O3.2ClH/c1-16-28(12-13-29(16)15-32-24(31)23(26)25(2,3)4)14-17-10-11-20-21(22(17)30)18-8-6-7-9-19(18)27(20)5;;/h6-9,12-13,16-17,23H,10-11,14-15,26H2,1-5H3;2*1H/t16?,17?,23-;;/m1../s1. The van der Waals surface area contributed by atoms with Crippen LogP contribution in [0.15, 0.2) is 36.7 Å². The van der Waals surface area contributed by atoms with Gasteiger partial charge in [-0.05, 0) is 31.2 Å². The third-order valence-electron chi connectivity index (χ3n) is 6.96. The Labute approximate surface area is 214 Å². The molecule has 0 saturated carbocycles. The number of hydrogen-bond acceptors (Lipinski definition) is 6. The molecule has 0 radical (unpaired) electrons. The van der Waals surface area contributed by atoms with E-state index in [9.17, 15) is 9.59 Å². The van der Waals surface area contributed by atoms with E-state index in [0.29, 0.717) is 6.54 Å². The van der Waals surface area contributed by atoms with Gasteiger partial charge in [0.25, 0.3) is 0 Å². The monoisotopic (exact) mass is 510 g/mol. The fourth-order valence-corrected chi connectivity index (χ4v) is 4.65. The average molecular weight is 511 g/mol. The minimum absolute atomic E-state index is 0. The minimum atomic E-state index is -0.671. The van der Waals surface area contributed by atoms with Crippen molar-refractivity contribution in [2.75, 3.05) is 13.3 Å². The van der Waals surface area contributed by atoms with Gasteiger partial charge in [0.15, 0.2) is 12.5 Å². The lowest BCUT2D eigenvalue weighted by atomic mass is 9.84. The maximum atomic E-state index is 13.4. The average Bonchev–Trinajstić information content (AvgIpc) is 3.25. The van der Waals surface area contributed by atoms with E-state index in [0.717, 1.165) is 35.0 Å². The molecular weight excluding hydrogens is 475 g/mol. The highest BCUT2D eigenvalue weighted by molar-refractivity contribution is 6.11. The summed E-state index contributed by atoms with van der Waals surface area (Å²) in [5, 5.41) is 1.05. The molecule has 2 aliphatic rings. The van der Waals surface area contributed by atoms with Crippen LogP contribution in [0.5, 0.6) is 0 Å². The number of ether oxygens (including phenoxy) is 1. The second kappa shape index (κ2) is 10.6. The van der Waals surface area contributed by atoms with Gasteiger partial charge in [-0.15, -0.1) is 24.8 Å². The maximum Gasteiger partial charge on any atom is 0.325 e. The van der Waals surface area contributed by atoms with Crippen LogP contribution in [0.25, 0.3) is 10.9 Å². The molecule has 0 fully saturated rings. The van der Waals surface area contributed by atoms with Gasteiger partial charge in [0.05, 0.1) is 0 Å². The molecule has 2 unspecified atom stereocenters. The highest BCUT2D eigenvalue weighted by Gasteiger charge is 2.35. The van der Waals surface area contributed by atoms with Crippen LogP contribution in [0.4, 0.5) is 0 Å². The van der Waals surface area contributed by atoms with Crippen molar-refractivity contribution in [2.45, 2.75) is 52.7 Å². The first-order valence-electron chi connectivity index (χ1n) is 11.3. The summed E-state index contributed by atoms with van der Waals surface area (Å²) in [6.07, 6.45) is 5.62. The summed E-state index contributed by atoms with van der Waals surface area (Å²) in [5.41, 5.74) is 8.79. The van der Waals surface area contributed by atoms with Crippen molar-refractivity contribution in [2.24, 2.45) is 24.1 Å². The van der Waals surface area contributed by atoms with Gasteiger partial charge >= 0.3 is 5.97 Å². The fourth-order valence-electron chi connectivity index (χ4n) is 4.65. The normalized spacial score (nSPS) is 20.6. The van der Waals surface area contributed by atoms with Crippen LogP contribution in [0, 0.1) is 11.3 Å². The predicted octanol–water partition coefficient (Wildman–Crippen LogP) is 4.08. The number of nitrogens with two attached hydrogens (primary N) is 1. The molecule has 1 aliphatic heterocycles. The van der Waals surface area contributed by atoms with Gasteiger partial charge in [-0.3, -0.25) is 9.59 Å². The Morgan fingerprint density at radius 3 is 2.50 bits per heavy atom. The van der Waals surface area contributed by atoms with Crippen molar-refractivity contribution in [1.82, 2.24) is 14.4 Å². The third kappa shape index (κ3) is 5.07. The molecule has 7 nitrogen and oxygen atoms in total. The van der Waals surface area contributed by atoms with Crippen LogP contribution in [0.3, 0.4) is 0 Å². The first-order chi connectivity index (χ1) is 15.1. The van der Waals surface area contributed by atoms with Crippen LogP contribution in [0.1, 0.15) is 50.2 Å². The van der Waals surface area contributed by atoms with E-state index in [1.54, 1.807) is 0 Å². The summed E-state index contributed by atoms with van der Waals surface area (Å²) in [4.78, 5) is 29.8. The molecule has 2 aromatic rings. The second-order valence-corrected chi connectivity index (χ2v) is 10.1. The molecule has 9 heteroatoms. The van der Waals surface area contributed by atoms with E-state index in [1.807, 2.05) is 70.2 Å². The predicted molar refractivity (Wildman–Crippen MR) is 139 cm³/mol. The number of fused-ring (bicyclic) bond motifs is 3. The van der Waals surface area contributed by atoms with Crippen molar-refractivity contribution in [1.29, 1.82) is 0 Å². The number of halogens is 2. The SMILES string of the molecule is CC1N(COC(=O)[C@@H](N)C(C)(C)C)C=CN1CC1CCc2c(c3ccccc3n2C)C1=O.Cl.Cl. The summed E-state index contributed by atoms with van der Waals surface area (Å²) in [7, 11) is 2.05. The first kappa shape index (κ1) is 28.0. The zero-order valence-electron chi connectivity index (χ0n) is 20.5. The zero-order valence-corrected chi connectivity index (χ0v) is 22.1. The molecule has 0 saturated heterocycles.